The largest absolute Gasteiger partial charge is 0.392 e. The molecule has 0 spiro atoms. The van der Waals surface area contributed by atoms with E-state index in [0.29, 0.717) is 0 Å². The van der Waals surface area contributed by atoms with Gasteiger partial charge in [-0.2, -0.15) is 0 Å². The van der Waals surface area contributed by atoms with Gasteiger partial charge < -0.3 is 5.11 Å². The molecule has 0 radical (unpaired) electrons. The Morgan fingerprint density at radius 3 is 2.71 bits per heavy atom. The third-order valence-corrected chi connectivity index (χ3v) is 4.50. The van der Waals surface area contributed by atoms with Crippen molar-refractivity contribution in [3.8, 4) is 16.9 Å². The number of halogens is 1. The first kappa shape index (κ1) is 15.1. The molecule has 4 nitrogen and oxygen atoms in total. The van der Waals surface area contributed by atoms with Gasteiger partial charge in [0.05, 0.1) is 12.1 Å². The summed E-state index contributed by atoms with van der Waals surface area (Å²) in [6, 6.07) is 15.9. The second-order valence-corrected chi connectivity index (χ2v) is 6.39. The zero-order valence-corrected chi connectivity index (χ0v) is 14.3. The van der Waals surface area contributed by atoms with E-state index in [0.717, 1.165) is 37.9 Å². The highest BCUT2D eigenvalue weighted by Crippen LogP contribution is 2.33. The Labute approximate surface area is 147 Å². The maximum atomic E-state index is 9.72. The Bertz CT molecular complexity index is 1010. The summed E-state index contributed by atoms with van der Waals surface area (Å²) in [5, 5.41) is 10.8. The lowest BCUT2D eigenvalue weighted by Gasteiger charge is -2.13. The summed E-state index contributed by atoms with van der Waals surface area (Å²) in [5.41, 5.74) is 3.83. The molecule has 0 aliphatic heterocycles. The number of hydrogen-bond acceptors (Lipinski definition) is 3. The lowest BCUT2D eigenvalue weighted by atomic mass is 9.97. The molecule has 0 amide bonds. The molecule has 0 unspecified atom stereocenters. The van der Waals surface area contributed by atoms with Gasteiger partial charge in [-0.25, -0.2) is 9.97 Å². The highest BCUT2D eigenvalue weighted by atomic mass is 79.9. The lowest BCUT2D eigenvalue weighted by molar-refractivity contribution is 0.282. The fourth-order valence-electron chi connectivity index (χ4n) is 2.85. The standard InChI is InChI=1S/C19H14BrN3O/c20-14-5-6-18-17(9-14)16(15-4-2-1-3-13(15)11-24)10-19(22-18)23-8-7-21-12-23/h1-10,12,24H,11H2. The second-order valence-electron chi connectivity index (χ2n) is 5.47. The highest BCUT2D eigenvalue weighted by Gasteiger charge is 2.12. The zero-order chi connectivity index (χ0) is 16.5. The van der Waals surface area contributed by atoms with Crippen LogP contribution in [0.2, 0.25) is 0 Å². The van der Waals surface area contributed by atoms with Crippen LogP contribution >= 0.6 is 15.9 Å². The van der Waals surface area contributed by atoms with Crippen LogP contribution in [0.15, 0.2) is 71.7 Å². The predicted molar refractivity (Wildman–Crippen MR) is 97.9 cm³/mol. The smallest absolute Gasteiger partial charge is 0.139 e. The van der Waals surface area contributed by atoms with Crippen molar-refractivity contribution in [1.82, 2.24) is 14.5 Å². The summed E-state index contributed by atoms with van der Waals surface area (Å²) >= 11 is 3.54. The van der Waals surface area contributed by atoms with Gasteiger partial charge in [-0.3, -0.25) is 4.57 Å². The van der Waals surface area contributed by atoms with Crippen molar-refractivity contribution in [3.63, 3.8) is 0 Å². The lowest BCUT2D eigenvalue weighted by Crippen LogP contribution is -1.98. The molecule has 0 fully saturated rings. The Hall–Kier alpha value is -2.50. The average molecular weight is 380 g/mol. The van der Waals surface area contributed by atoms with Gasteiger partial charge in [-0.05, 0) is 41.0 Å². The first-order chi connectivity index (χ1) is 11.8. The minimum atomic E-state index is -0.00555. The number of pyridine rings is 1. The summed E-state index contributed by atoms with van der Waals surface area (Å²) < 4.78 is 2.88. The van der Waals surface area contributed by atoms with Gasteiger partial charge in [0.15, 0.2) is 0 Å². The molecule has 0 saturated carbocycles. The maximum absolute atomic E-state index is 9.72. The molecule has 2 aromatic carbocycles. The zero-order valence-electron chi connectivity index (χ0n) is 12.7. The molecule has 2 heterocycles. The fourth-order valence-corrected chi connectivity index (χ4v) is 3.22. The van der Waals surface area contributed by atoms with E-state index >= 15 is 0 Å². The van der Waals surface area contributed by atoms with Gasteiger partial charge in [-0.15, -0.1) is 0 Å². The molecule has 4 rings (SSSR count). The summed E-state index contributed by atoms with van der Waals surface area (Å²) in [5.74, 6) is 0.796. The molecular weight excluding hydrogens is 366 g/mol. The van der Waals surface area contributed by atoms with E-state index in [1.165, 1.54) is 0 Å². The van der Waals surface area contributed by atoms with E-state index in [-0.39, 0.29) is 6.61 Å². The minimum absolute atomic E-state index is 0.00555. The molecule has 5 heteroatoms. The van der Waals surface area contributed by atoms with Gasteiger partial charge in [0, 0.05) is 22.3 Å². The molecule has 0 saturated heterocycles. The van der Waals surface area contributed by atoms with Crippen molar-refractivity contribution in [2.75, 3.05) is 0 Å². The molecule has 118 valence electrons. The van der Waals surface area contributed by atoms with E-state index in [1.54, 1.807) is 12.5 Å². The normalized spacial score (nSPS) is 11.1. The van der Waals surface area contributed by atoms with Crippen molar-refractivity contribution in [1.29, 1.82) is 0 Å². The van der Waals surface area contributed by atoms with Crippen LogP contribution in [0.1, 0.15) is 5.56 Å². The fraction of sp³-hybridized carbons (Fsp3) is 0.0526. The van der Waals surface area contributed by atoms with Gasteiger partial charge in [0.2, 0.25) is 0 Å². The van der Waals surface area contributed by atoms with Crippen LogP contribution in [0.3, 0.4) is 0 Å². The molecule has 4 aromatic rings. The predicted octanol–water partition coefficient (Wildman–Crippen LogP) is 4.34. The Balaban J connectivity index is 2.06. The van der Waals surface area contributed by atoms with Crippen molar-refractivity contribution >= 4 is 26.8 Å². The molecule has 0 aliphatic carbocycles. The Morgan fingerprint density at radius 1 is 1.04 bits per heavy atom. The van der Waals surface area contributed by atoms with Crippen LogP contribution in [-0.4, -0.2) is 19.6 Å². The molecule has 1 N–H and O–H groups in total. The first-order valence-corrected chi connectivity index (χ1v) is 8.33. The monoisotopic (exact) mass is 379 g/mol. The third kappa shape index (κ3) is 2.62. The minimum Gasteiger partial charge on any atom is -0.392 e. The van der Waals surface area contributed by atoms with Crippen LogP contribution < -0.4 is 0 Å². The topological polar surface area (TPSA) is 50.9 Å². The molecule has 0 atom stereocenters. The van der Waals surface area contributed by atoms with Crippen LogP contribution in [0.25, 0.3) is 27.8 Å². The number of aliphatic hydroxyl groups excluding tert-OH is 1. The van der Waals surface area contributed by atoms with Crippen molar-refractivity contribution in [3.05, 3.63) is 77.3 Å². The van der Waals surface area contributed by atoms with Crippen molar-refractivity contribution in [2.24, 2.45) is 0 Å². The van der Waals surface area contributed by atoms with Gasteiger partial charge in [0.25, 0.3) is 0 Å². The van der Waals surface area contributed by atoms with Gasteiger partial charge >= 0.3 is 0 Å². The van der Waals surface area contributed by atoms with Gasteiger partial charge in [-0.1, -0.05) is 40.2 Å². The molecular formula is C19H14BrN3O. The van der Waals surface area contributed by atoms with E-state index < -0.39 is 0 Å². The molecule has 2 aromatic heterocycles. The molecule has 0 bridgehead atoms. The van der Waals surface area contributed by atoms with Crippen LogP contribution in [0.4, 0.5) is 0 Å². The van der Waals surface area contributed by atoms with E-state index in [2.05, 4.69) is 27.0 Å². The second kappa shape index (κ2) is 6.19. The van der Waals surface area contributed by atoms with E-state index in [1.807, 2.05) is 53.2 Å². The van der Waals surface area contributed by atoms with Crippen molar-refractivity contribution < 1.29 is 5.11 Å². The van der Waals surface area contributed by atoms with Crippen LogP contribution in [0, 0.1) is 0 Å². The van der Waals surface area contributed by atoms with Crippen LogP contribution in [0.5, 0.6) is 0 Å². The third-order valence-electron chi connectivity index (χ3n) is 4.00. The van der Waals surface area contributed by atoms with Crippen molar-refractivity contribution in [2.45, 2.75) is 6.61 Å². The molecule has 0 aliphatic rings. The quantitative estimate of drug-likeness (QED) is 0.575. The van der Waals surface area contributed by atoms with E-state index in [4.69, 9.17) is 4.98 Å². The number of aromatic nitrogens is 3. The Morgan fingerprint density at radius 2 is 1.92 bits per heavy atom. The number of imidazole rings is 1. The number of rotatable bonds is 3. The number of nitrogens with zero attached hydrogens (tertiary/aromatic N) is 3. The number of aliphatic hydroxyl groups is 1. The highest BCUT2D eigenvalue weighted by molar-refractivity contribution is 9.10. The summed E-state index contributed by atoms with van der Waals surface area (Å²) in [4.78, 5) is 8.84. The van der Waals surface area contributed by atoms with Crippen LogP contribution in [-0.2, 0) is 6.61 Å². The number of benzene rings is 2. The summed E-state index contributed by atoms with van der Waals surface area (Å²) in [7, 11) is 0. The first-order valence-electron chi connectivity index (χ1n) is 7.54. The Kier molecular flexibility index (Phi) is 3.88. The number of fused-ring (bicyclic) bond motifs is 1. The summed E-state index contributed by atoms with van der Waals surface area (Å²) in [6.07, 6.45) is 5.33. The average Bonchev–Trinajstić information content (AvgIpc) is 3.15. The maximum Gasteiger partial charge on any atom is 0.139 e. The molecule has 24 heavy (non-hydrogen) atoms. The number of hydrogen-bond donors (Lipinski definition) is 1. The van der Waals surface area contributed by atoms with E-state index in [9.17, 15) is 5.11 Å². The summed E-state index contributed by atoms with van der Waals surface area (Å²) in [6.45, 7) is -0.00555. The van der Waals surface area contributed by atoms with Gasteiger partial charge in [0.1, 0.15) is 12.1 Å². The SMILES string of the molecule is OCc1ccccc1-c1cc(-n2ccnc2)nc2ccc(Br)cc12.